The zero-order chi connectivity index (χ0) is 19.3. The van der Waals surface area contributed by atoms with Gasteiger partial charge >= 0.3 is 6.09 Å². The van der Waals surface area contributed by atoms with Crippen molar-refractivity contribution in [3.05, 3.63) is 64.7 Å². The van der Waals surface area contributed by atoms with E-state index in [9.17, 15) is 9.59 Å². The van der Waals surface area contributed by atoms with Crippen LogP contribution in [-0.4, -0.2) is 24.6 Å². The first-order valence-electron chi connectivity index (χ1n) is 8.58. The number of anilines is 1. The van der Waals surface area contributed by atoms with Crippen molar-refractivity contribution in [2.45, 2.75) is 39.7 Å². The Hall–Kier alpha value is -2.82. The Bertz CT molecular complexity index is 790. The lowest BCUT2D eigenvalue weighted by Gasteiger charge is -2.19. The molecule has 2 rings (SSSR count). The van der Waals surface area contributed by atoms with Gasteiger partial charge in [0.1, 0.15) is 5.60 Å². The second-order valence-electron chi connectivity index (χ2n) is 7.23. The zero-order valence-electron chi connectivity index (χ0n) is 16.0. The topological polar surface area (TPSA) is 67.4 Å². The van der Waals surface area contributed by atoms with Crippen LogP contribution in [-0.2, 0) is 11.2 Å². The zero-order valence-corrected chi connectivity index (χ0v) is 16.0. The second kappa shape index (κ2) is 8.04. The van der Waals surface area contributed by atoms with Gasteiger partial charge in [-0.05, 0) is 69.0 Å². The first-order chi connectivity index (χ1) is 12.2. The van der Waals surface area contributed by atoms with Gasteiger partial charge in [0.05, 0.1) is 0 Å². The number of ether oxygens (including phenoxy) is 1. The van der Waals surface area contributed by atoms with Crippen LogP contribution in [0.3, 0.4) is 0 Å². The van der Waals surface area contributed by atoms with E-state index in [4.69, 9.17) is 4.74 Å². The normalized spacial score (nSPS) is 11.0. The number of hydrogen-bond acceptors (Lipinski definition) is 3. The molecule has 0 unspecified atom stereocenters. The molecule has 138 valence electrons. The lowest BCUT2D eigenvalue weighted by Crippen LogP contribution is -2.27. The summed E-state index contributed by atoms with van der Waals surface area (Å²) in [4.78, 5) is 23.5. The number of hydrogen-bond donors (Lipinski definition) is 2. The molecule has 26 heavy (non-hydrogen) atoms. The molecule has 2 amide bonds. The van der Waals surface area contributed by atoms with E-state index in [0.29, 0.717) is 11.3 Å². The van der Waals surface area contributed by atoms with E-state index in [-0.39, 0.29) is 5.91 Å². The molecule has 0 radical (unpaired) electrons. The summed E-state index contributed by atoms with van der Waals surface area (Å²) < 4.78 is 5.24. The maximum absolute atomic E-state index is 11.8. The average Bonchev–Trinajstić information content (AvgIpc) is 2.54. The van der Waals surface area contributed by atoms with Gasteiger partial charge in [0.25, 0.3) is 5.91 Å². The van der Waals surface area contributed by atoms with E-state index in [1.807, 2.05) is 70.2 Å². The van der Waals surface area contributed by atoms with Crippen LogP contribution in [0.2, 0.25) is 0 Å². The van der Waals surface area contributed by atoms with Gasteiger partial charge in [-0.2, -0.15) is 0 Å². The van der Waals surface area contributed by atoms with Crippen LogP contribution in [0, 0.1) is 6.92 Å². The van der Waals surface area contributed by atoms with Gasteiger partial charge in [0.2, 0.25) is 0 Å². The summed E-state index contributed by atoms with van der Waals surface area (Å²) in [7, 11) is 1.63. The Kier molecular flexibility index (Phi) is 6.03. The van der Waals surface area contributed by atoms with E-state index >= 15 is 0 Å². The smallest absolute Gasteiger partial charge is 0.412 e. The first kappa shape index (κ1) is 19.5. The highest BCUT2D eigenvalue weighted by atomic mass is 16.6. The summed E-state index contributed by atoms with van der Waals surface area (Å²) in [5.41, 5.74) is 4.05. The molecule has 0 heterocycles. The van der Waals surface area contributed by atoms with Gasteiger partial charge in [-0.3, -0.25) is 10.1 Å². The standard InChI is InChI=1S/C21H26N2O3/c1-14-12-16(8-11-18(14)19(24)22-5)13-15-6-9-17(10-7-15)23-20(25)26-21(2,3)4/h6-12H,13H2,1-5H3,(H,22,24)(H,23,25). The van der Waals surface area contributed by atoms with E-state index in [2.05, 4.69) is 10.6 Å². The molecule has 0 spiro atoms. The Balaban J connectivity index is 2.02. The minimum absolute atomic E-state index is 0.0772. The van der Waals surface area contributed by atoms with Gasteiger partial charge in [-0.1, -0.05) is 24.3 Å². The lowest BCUT2D eigenvalue weighted by atomic mass is 9.99. The summed E-state index contributed by atoms with van der Waals surface area (Å²) in [5.74, 6) is -0.0772. The fourth-order valence-corrected chi connectivity index (χ4v) is 2.59. The predicted molar refractivity (Wildman–Crippen MR) is 104 cm³/mol. The van der Waals surface area contributed by atoms with Crippen molar-refractivity contribution in [1.29, 1.82) is 0 Å². The Morgan fingerprint density at radius 3 is 2.15 bits per heavy atom. The Morgan fingerprint density at radius 2 is 1.62 bits per heavy atom. The maximum Gasteiger partial charge on any atom is 0.412 e. The number of carbonyl (C=O) groups is 2. The number of amides is 2. The SMILES string of the molecule is CNC(=O)c1ccc(Cc2ccc(NC(=O)OC(C)(C)C)cc2)cc1C. The highest BCUT2D eigenvalue weighted by Gasteiger charge is 2.16. The van der Waals surface area contributed by atoms with Crippen LogP contribution in [0.5, 0.6) is 0 Å². The largest absolute Gasteiger partial charge is 0.444 e. The van der Waals surface area contributed by atoms with Crippen molar-refractivity contribution in [1.82, 2.24) is 5.32 Å². The highest BCUT2D eigenvalue weighted by Crippen LogP contribution is 2.17. The molecule has 2 N–H and O–H groups in total. The van der Waals surface area contributed by atoms with Crippen LogP contribution in [0.1, 0.15) is 47.8 Å². The number of nitrogens with one attached hydrogen (secondary N) is 2. The molecule has 0 aromatic heterocycles. The third-order valence-electron chi connectivity index (χ3n) is 3.77. The number of carbonyl (C=O) groups excluding carboxylic acids is 2. The molecule has 2 aromatic carbocycles. The first-order valence-corrected chi connectivity index (χ1v) is 8.58. The molecule has 0 aliphatic carbocycles. The Labute approximate surface area is 154 Å². The van der Waals surface area contributed by atoms with Gasteiger partial charge in [0, 0.05) is 18.3 Å². The van der Waals surface area contributed by atoms with Crippen molar-refractivity contribution >= 4 is 17.7 Å². The fourth-order valence-electron chi connectivity index (χ4n) is 2.59. The van der Waals surface area contributed by atoms with Gasteiger partial charge in [-0.15, -0.1) is 0 Å². The van der Waals surface area contributed by atoms with Gasteiger partial charge < -0.3 is 10.1 Å². The molecule has 0 saturated carbocycles. The third kappa shape index (κ3) is 5.62. The van der Waals surface area contributed by atoms with Crippen molar-refractivity contribution in [3.8, 4) is 0 Å². The quantitative estimate of drug-likeness (QED) is 0.860. The van der Waals surface area contributed by atoms with Crippen LogP contribution >= 0.6 is 0 Å². The van der Waals surface area contributed by atoms with Crippen molar-refractivity contribution < 1.29 is 14.3 Å². The van der Waals surface area contributed by atoms with Crippen molar-refractivity contribution in [2.24, 2.45) is 0 Å². The summed E-state index contributed by atoms with van der Waals surface area (Å²) in [6, 6.07) is 13.5. The molecule has 0 saturated heterocycles. The average molecular weight is 354 g/mol. The van der Waals surface area contributed by atoms with Crippen molar-refractivity contribution in [3.63, 3.8) is 0 Å². The third-order valence-corrected chi connectivity index (χ3v) is 3.77. The van der Waals surface area contributed by atoms with Crippen molar-refractivity contribution in [2.75, 3.05) is 12.4 Å². The van der Waals surface area contributed by atoms with E-state index in [0.717, 1.165) is 23.1 Å². The lowest BCUT2D eigenvalue weighted by molar-refractivity contribution is 0.0635. The number of aryl methyl sites for hydroxylation is 1. The predicted octanol–water partition coefficient (Wildman–Crippen LogP) is 4.29. The Morgan fingerprint density at radius 1 is 1.00 bits per heavy atom. The maximum atomic E-state index is 11.8. The minimum atomic E-state index is -0.525. The highest BCUT2D eigenvalue weighted by molar-refractivity contribution is 5.95. The molecule has 2 aromatic rings. The molecule has 0 bridgehead atoms. The molecule has 0 aliphatic heterocycles. The minimum Gasteiger partial charge on any atom is -0.444 e. The van der Waals surface area contributed by atoms with E-state index in [1.165, 1.54) is 0 Å². The fraction of sp³-hybridized carbons (Fsp3) is 0.333. The van der Waals surface area contributed by atoms with E-state index < -0.39 is 11.7 Å². The van der Waals surface area contributed by atoms with Gasteiger partial charge in [0.15, 0.2) is 0 Å². The molecule has 0 atom stereocenters. The monoisotopic (exact) mass is 354 g/mol. The summed E-state index contributed by atoms with van der Waals surface area (Å²) in [6.45, 7) is 7.41. The van der Waals surface area contributed by atoms with Crippen LogP contribution in [0.25, 0.3) is 0 Å². The second-order valence-corrected chi connectivity index (χ2v) is 7.23. The summed E-state index contributed by atoms with van der Waals surface area (Å²) in [5, 5.41) is 5.36. The molecule has 0 fully saturated rings. The number of rotatable bonds is 4. The van der Waals surface area contributed by atoms with E-state index in [1.54, 1.807) is 7.05 Å². The summed E-state index contributed by atoms with van der Waals surface area (Å²) in [6.07, 6.45) is 0.285. The molecular weight excluding hydrogens is 328 g/mol. The van der Waals surface area contributed by atoms with Crippen LogP contribution < -0.4 is 10.6 Å². The molecular formula is C21H26N2O3. The molecule has 0 aliphatic rings. The summed E-state index contributed by atoms with van der Waals surface area (Å²) >= 11 is 0. The molecule has 5 heteroatoms. The van der Waals surface area contributed by atoms with Gasteiger partial charge in [-0.25, -0.2) is 4.79 Å². The number of benzene rings is 2. The van der Waals surface area contributed by atoms with Crippen LogP contribution in [0.4, 0.5) is 10.5 Å². The molecule has 5 nitrogen and oxygen atoms in total. The van der Waals surface area contributed by atoms with Crippen LogP contribution in [0.15, 0.2) is 42.5 Å².